The number of nitrogens with zero attached hydrogens (tertiary/aromatic N) is 1. The summed E-state index contributed by atoms with van der Waals surface area (Å²) in [5.74, 6) is 1.29. The summed E-state index contributed by atoms with van der Waals surface area (Å²) < 4.78 is 4.86. The molecule has 5 nitrogen and oxygen atoms in total. The summed E-state index contributed by atoms with van der Waals surface area (Å²) in [5.41, 5.74) is 1.38. The molecule has 1 amide bonds. The van der Waals surface area contributed by atoms with Gasteiger partial charge in [-0.2, -0.15) is 0 Å². The minimum atomic E-state index is -0.531. The molecule has 0 saturated heterocycles. The largest absolute Gasteiger partial charge is 0.455 e. The maximum Gasteiger partial charge on any atom is 0.312 e. The molecule has 23 heavy (non-hydrogen) atoms. The van der Waals surface area contributed by atoms with Gasteiger partial charge in [-0.1, -0.05) is 35.7 Å². The van der Waals surface area contributed by atoms with E-state index >= 15 is 0 Å². The number of ether oxygens (including phenoxy) is 1. The third-order valence-corrected chi connectivity index (χ3v) is 3.99. The molecule has 7 heteroatoms. The van der Waals surface area contributed by atoms with Crippen LogP contribution >= 0.6 is 22.9 Å². The highest BCUT2D eigenvalue weighted by Gasteiger charge is 2.12. The summed E-state index contributed by atoms with van der Waals surface area (Å²) in [5, 5.41) is 5.49. The molecule has 1 heterocycles. The van der Waals surface area contributed by atoms with Gasteiger partial charge in [-0.25, -0.2) is 4.98 Å². The van der Waals surface area contributed by atoms with Crippen LogP contribution in [0.25, 0.3) is 10.6 Å². The second kappa shape index (κ2) is 8.32. The number of thiazole rings is 1. The van der Waals surface area contributed by atoms with Crippen LogP contribution < -0.4 is 5.32 Å². The molecule has 2 rings (SSSR count). The second-order valence-corrected chi connectivity index (χ2v) is 5.71. The lowest BCUT2D eigenvalue weighted by Crippen LogP contribution is -2.29. The zero-order valence-corrected chi connectivity index (χ0v) is 13.6. The van der Waals surface area contributed by atoms with Crippen molar-refractivity contribution >= 4 is 34.8 Å². The van der Waals surface area contributed by atoms with Crippen molar-refractivity contribution in [2.45, 2.75) is 6.42 Å². The van der Waals surface area contributed by atoms with E-state index in [0.717, 1.165) is 10.6 Å². The number of carbonyl (C=O) groups excluding carboxylic acids is 2. The number of nitrogens with one attached hydrogen (secondary N) is 1. The maximum absolute atomic E-state index is 11.7. The summed E-state index contributed by atoms with van der Waals surface area (Å²) >= 11 is 7.51. The number of esters is 1. The Bertz CT molecular complexity index is 752. The van der Waals surface area contributed by atoms with Gasteiger partial charge in [0, 0.05) is 10.9 Å². The summed E-state index contributed by atoms with van der Waals surface area (Å²) in [6.45, 7) is -0.258. The fraction of sp³-hybridized carbons (Fsp3) is 0.188. The summed E-state index contributed by atoms with van der Waals surface area (Å²) in [4.78, 5) is 27.3. The van der Waals surface area contributed by atoms with Gasteiger partial charge in [-0.05, 0) is 6.07 Å². The first-order valence-corrected chi connectivity index (χ1v) is 7.91. The van der Waals surface area contributed by atoms with Gasteiger partial charge in [0.15, 0.2) is 6.61 Å². The molecule has 0 aliphatic carbocycles. The zero-order valence-electron chi connectivity index (χ0n) is 12.0. The topological polar surface area (TPSA) is 68.3 Å². The smallest absolute Gasteiger partial charge is 0.312 e. The van der Waals surface area contributed by atoms with Crippen molar-refractivity contribution in [1.82, 2.24) is 10.3 Å². The fourth-order valence-corrected chi connectivity index (χ4v) is 2.83. The standard InChI is InChI=1S/C16H13ClN2O3S/c1-2-7-18-14(20)9-22-15(21)8-11-10-23-16(19-11)12-5-3-4-6-13(12)17/h1,3-6,10H,7-9H2,(H,18,20). The van der Waals surface area contributed by atoms with E-state index < -0.39 is 11.9 Å². The molecule has 0 spiro atoms. The SMILES string of the molecule is C#CCNC(=O)COC(=O)Cc1csc(-c2ccccc2Cl)n1. The van der Waals surface area contributed by atoms with Gasteiger partial charge < -0.3 is 10.1 Å². The lowest BCUT2D eigenvalue weighted by molar-refractivity contribution is -0.147. The van der Waals surface area contributed by atoms with E-state index in [1.807, 2.05) is 18.2 Å². The first kappa shape index (κ1) is 17.0. The lowest BCUT2D eigenvalue weighted by atomic mass is 10.2. The molecule has 1 N–H and O–H groups in total. The Balaban J connectivity index is 1.90. The number of carbonyl (C=O) groups is 2. The van der Waals surface area contributed by atoms with E-state index in [2.05, 4.69) is 16.2 Å². The molecule has 0 fully saturated rings. The van der Waals surface area contributed by atoms with Crippen LogP contribution in [0.3, 0.4) is 0 Å². The Kier molecular flexibility index (Phi) is 6.15. The average molecular weight is 349 g/mol. The van der Waals surface area contributed by atoms with Crippen LogP contribution in [-0.4, -0.2) is 30.0 Å². The molecule has 0 radical (unpaired) electrons. The zero-order chi connectivity index (χ0) is 16.7. The number of amides is 1. The van der Waals surface area contributed by atoms with Crippen LogP contribution in [0.5, 0.6) is 0 Å². The van der Waals surface area contributed by atoms with Crippen molar-refractivity contribution in [3.63, 3.8) is 0 Å². The van der Waals surface area contributed by atoms with E-state index in [4.69, 9.17) is 22.8 Å². The molecule has 1 aromatic carbocycles. The molecule has 1 aromatic heterocycles. The molecule has 118 valence electrons. The van der Waals surface area contributed by atoms with Crippen molar-refractivity contribution in [2.75, 3.05) is 13.2 Å². The third kappa shape index (κ3) is 5.09. The number of benzene rings is 1. The van der Waals surface area contributed by atoms with E-state index in [1.54, 1.807) is 11.4 Å². The van der Waals surface area contributed by atoms with E-state index in [9.17, 15) is 9.59 Å². The predicted octanol–water partition coefficient (Wildman–Crippen LogP) is 2.30. The van der Waals surface area contributed by atoms with Crippen LogP contribution in [-0.2, 0) is 20.7 Å². The summed E-state index contributed by atoms with van der Waals surface area (Å²) in [6.07, 6.45) is 5.00. The normalized spacial score (nSPS) is 9.91. The van der Waals surface area contributed by atoms with Crippen molar-refractivity contribution in [2.24, 2.45) is 0 Å². The second-order valence-electron chi connectivity index (χ2n) is 4.44. The minimum Gasteiger partial charge on any atom is -0.455 e. The van der Waals surface area contributed by atoms with Crippen molar-refractivity contribution < 1.29 is 14.3 Å². The quantitative estimate of drug-likeness (QED) is 0.642. The minimum absolute atomic E-state index is 0.0105. The van der Waals surface area contributed by atoms with E-state index in [0.29, 0.717) is 10.7 Å². The molecule has 2 aromatic rings. The number of terminal acetylenes is 1. The number of halogens is 1. The van der Waals surface area contributed by atoms with Crippen LogP contribution in [0.4, 0.5) is 0 Å². The van der Waals surface area contributed by atoms with Gasteiger partial charge >= 0.3 is 5.97 Å². The molecule has 0 aliphatic rings. The van der Waals surface area contributed by atoms with Gasteiger partial charge in [0.2, 0.25) is 0 Å². The number of hydrogen-bond acceptors (Lipinski definition) is 5. The monoisotopic (exact) mass is 348 g/mol. The first-order valence-electron chi connectivity index (χ1n) is 6.65. The van der Waals surface area contributed by atoms with Gasteiger partial charge in [0.1, 0.15) is 5.01 Å². The van der Waals surface area contributed by atoms with Gasteiger partial charge in [-0.3, -0.25) is 9.59 Å². The molecular weight excluding hydrogens is 336 g/mol. The molecular formula is C16H13ClN2O3S. The predicted molar refractivity (Wildman–Crippen MR) is 89.1 cm³/mol. The highest BCUT2D eigenvalue weighted by Crippen LogP contribution is 2.30. The van der Waals surface area contributed by atoms with Crippen molar-refractivity contribution in [3.05, 3.63) is 40.4 Å². The number of rotatable bonds is 6. The van der Waals surface area contributed by atoms with Gasteiger partial charge in [0.05, 0.1) is 23.7 Å². The fourth-order valence-electron chi connectivity index (χ4n) is 1.69. The number of aromatic nitrogens is 1. The Hall–Kier alpha value is -2.36. The van der Waals surface area contributed by atoms with Crippen LogP contribution in [0.15, 0.2) is 29.6 Å². The van der Waals surface area contributed by atoms with Crippen molar-refractivity contribution in [3.8, 4) is 22.9 Å². The van der Waals surface area contributed by atoms with E-state index in [1.165, 1.54) is 11.3 Å². The molecule has 0 bridgehead atoms. The van der Waals surface area contributed by atoms with Gasteiger partial charge in [-0.15, -0.1) is 17.8 Å². The van der Waals surface area contributed by atoms with Crippen LogP contribution in [0.1, 0.15) is 5.69 Å². The average Bonchev–Trinajstić information content (AvgIpc) is 2.99. The Morgan fingerprint density at radius 1 is 1.39 bits per heavy atom. The first-order chi connectivity index (χ1) is 11.1. The molecule has 0 aliphatic heterocycles. The number of hydrogen-bond donors (Lipinski definition) is 1. The Labute approximate surface area is 142 Å². The molecule has 0 unspecified atom stereocenters. The Morgan fingerprint density at radius 2 is 2.17 bits per heavy atom. The third-order valence-electron chi connectivity index (χ3n) is 2.73. The summed E-state index contributed by atoms with van der Waals surface area (Å²) in [7, 11) is 0. The maximum atomic E-state index is 11.7. The van der Waals surface area contributed by atoms with Gasteiger partial charge in [0.25, 0.3) is 5.91 Å². The van der Waals surface area contributed by atoms with Crippen LogP contribution in [0.2, 0.25) is 5.02 Å². The highest BCUT2D eigenvalue weighted by molar-refractivity contribution is 7.13. The van der Waals surface area contributed by atoms with E-state index in [-0.39, 0.29) is 19.6 Å². The van der Waals surface area contributed by atoms with Crippen molar-refractivity contribution in [1.29, 1.82) is 0 Å². The Morgan fingerprint density at radius 3 is 2.91 bits per heavy atom. The lowest BCUT2D eigenvalue weighted by Gasteiger charge is -2.03. The highest BCUT2D eigenvalue weighted by atomic mass is 35.5. The summed E-state index contributed by atoms with van der Waals surface area (Å²) in [6, 6.07) is 7.34. The van der Waals surface area contributed by atoms with Crippen LogP contribution in [0, 0.1) is 12.3 Å². The molecule has 0 saturated carbocycles. The molecule has 0 atom stereocenters.